The molecule has 0 radical (unpaired) electrons. The molecule has 0 aliphatic heterocycles. The van der Waals surface area contributed by atoms with Crippen LogP contribution < -0.4 is 10.6 Å². The highest BCUT2D eigenvalue weighted by Gasteiger charge is 2.17. The molecule has 0 bridgehead atoms. The first-order valence-electron chi connectivity index (χ1n) is 9.95. The lowest BCUT2D eigenvalue weighted by Gasteiger charge is -2.07. The second-order valence-corrected chi connectivity index (χ2v) is 6.95. The number of hydrogen-bond donors (Lipinski definition) is 3. The quantitative estimate of drug-likeness (QED) is 0.516. The Kier molecular flexibility index (Phi) is 8.31. The first kappa shape index (κ1) is 23.6. The monoisotopic (exact) mass is 425 g/mol. The summed E-state index contributed by atoms with van der Waals surface area (Å²) in [7, 11) is 1.95. The van der Waals surface area contributed by atoms with E-state index in [1.165, 1.54) is 6.20 Å². The van der Waals surface area contributed by atoms with E-state index in [-0.39, 0.29) is 29.8 Å². The molecule has 2 heterocycles. The summed E-state index contributed by atoms with van der Waals surface area (Å²) >= 11 is 0. The van der Waals surface area contributed by atoms with Gasteiger partial charge in [0.05, 0.1) is 24.1 Å². The fourth-order valence-electron chi connectivity index (χ4n) is 2.80. The second kappa shape index (κ2) is 10.9. The van der Waals surface area contributed by atoms with Gasteiger partial charge in [-0.05, 0) is 24.5 Å². The van der Waals surface area contributed by atoms with Crippen LogP contribution in [0.15, 0.2) is 61.3 Å². The van der Waals surface area contributed by atoms with Crippen molar-refractivity contribution in [1.82, 2.24) is 20.1 Å². The predicted molar refractivity (Wildman–Crippen MR) is 121 cm³/mol. The highest BCUT2D eigenvalue weighted by Crippen LogP contribution is 2.21. The molecule has 31 heavy (non-hydrogen) atoms. The van der Waals surface area contributed by atoms with Gasteiger partial charge in [0.1, 0.15) is 5.69 Å². The van der Waals surface area contributed by atoms with Crippen molar-refractivity contribution in [1.29, 1.82) is 0 Å². The van der Waals surface area contributed by atoms with Crippen LogP contribution in [-0.4, -0.2) is 26.6 Å². The van der Waals surface area contributed by atoms with E-state index in [4.69, 9.17) is 0 Å². The van der Waals surface area contributed by atoms with Crippen molar-refractivity contribution in [2.75, 3.05) is 5.32 Å². The molecule has 0 spiro atoms. The molecule has 3 N–H and O–H groups in total. The van der Waals surface area contributed by atoms with E-state index in [2.05, 4.69) is 34.0 Å². The minimum Gasteiger partial charge on any atom is -0.350 e. The Morgan fingerprint density at radius 3 is 2.52 bits per heavy atom. The van der Waals surface area contributed by atoms with Crippen LogP contribution in [-0.2, 0) is 18.3 Å². The summed E-state index contributed by atoms with van der Waals surface area (Å²) in [4.78, 5) is 24.7. The number of anilines is 1. The number of H-pyrrole nitrogens is 1. The first-order valence-corrected chi connectivity index (χ1v) is 9.95. The minimum atomic E-state index is -0.380. The Hall–Kier alpha value is -3.68. The Bertz CT molecular complexity index is 1100. The fraction of sp³-hybridized carbons (Fsp3) is 0.261. The van der Waals surface area contributed by atoms with Crippen LogP contribution in [0.4, 0.5) is 10.1 Å². The number of rotatable bonds is 7. The maximum absolute atomic E-state index is 12.5. The molecule has 164 valence electrons. The molecule has 1 aromatic carbocycles. The first-order chi connectivity index (χ1) is 14.8. The molecule has 0 aliphatic carbocycles. The van der Waals surface area contributed by atoms with E-state index in [0.717, 1.165) is 16.5 Å². The minimum absolute atomic E-state index is 0.200. The van der Waals surface area contributed by atoms with E-state index in [9.17, 15) is 14.0 Å². The number of nitrogens with one attached hydrogen (secondary N) is 3. The molecule has 0 aliphatic rings. The van der Waals surface area contributed by atoms with Crippen molar-refractivity contribution >= 4 is 28.4 Å². The van der Waals surface area contributed by atoms with Gasteiger partial charge >= 0.3 is 0 Å². The maximum Gasteiger partial charge on any atom is 0.275 e. The third-order valence-corrected chi connectivity index (χ3v) is 4.57. The summed E-state index contributed by atoms with van der Waals surface area (Å²) in [6.45, 7) is 10.4. The number of benzene rings is 1. The molecule has 2 aromatic heterocycles. The van der Waals surface area contributed by atoms with Gasteiger partial charge in [-0.25, -0.2) is 4.39 Å². The van der Waals surface area contributed by atoms with E-state index in [1.54, 1.807) is 6.92 Å². The molecule has 3 aromatic rings. The maximum atomic E-state index is 12.5. The zero-order chi connectivity index (χ0) is 23.0. The number of aromatic nitrogens is 3. The lowest BCUT2D eigenvalue weighted by Crippen LogP contribution is -2.24. The number of nitrogens with zero attached hydrogens (tertiary/aromatic N) is 2. The zero-order valence-electron chi connectivity index (χ0n) is 18.1. The summed E-state index contributed by atoms with van der Waals surface area (Å²) in [6, 6.07) is 7.91. The van der Waals surface area contributed by atoms with Gasteiger partial charge in [-0.3, -0.25) is 14.7 Å². The van der Waals surface area contributed by atoms with Crippen molar-refractivity contribution < 1.29 is 14.0 Å². The summed E-state index contributed by atoms with van der Waals surface area (Å²) < 4.78 is 13.2. The summed E-state index contributed by atoms with van der Waals surface area (Å²) in [6.07, 6.45) is 4.64. The van der Waals surface area contributed by atoms with Gasteiger partial charge in [0, 0.05) is 29.8 Å². The summed E-state index contributed by atoms with van der Waals surface area (Å²) in [5, 5.41) is 12.9. The van der Waals surface area contributed by atoms with Crippen molar-refractivity contribution in [3.05, 3.63) is 72.6 Å². The third kappa shape index (κ3) is 6.40. The van der Waals surface area contributed by atoms with Gasteiger partial charge in [-0.15, -0.1) is 0 Å². The highest BCUT2D eigenvalue weighted by molar-refractivity contribution is 6.03. The molecule has 0 fully saturated rings. The van der Waals surface area contributed by atoms with E-state index in [0.29, 0.717) is 24.2 Å². The number of allylic oxidation sites excluding steroid dienone is 2. The van der Waals surface area contributed by atoms with Crippen LogP contribution in [0.3, 0.4) is 0 Å². The van der Waals surface area contributed by atoms with Gasteiger partial charge in [-0.2, -0.15) is 5.10 Å². The van der Waals surface area contributed by atoms with Crippen LogP contribution in [0.1, 0.15) is 42.7 Å². The van der Waals surface area contributed by atoms with E-state index in [1.807, 2.05) is 49.0 Å². The van der Waals surface area contributed by atoms with Gasteiger partial charge in [0.15, 0.2) is 0 Å². The lowest BCUT2D eigenvalue weighted by atomic mass is 10.1. The molecular weight excluding hydrogens is 397 g/mol. The van der Waals surface area contributed by atoms with Crippen molar-refractivity contribution in [2.24, 2.45) is 7.05 Å². The fourth-order valence-corrected chi connectivity index (χ4v) is 2.80. The number of carbonyl (C=O) groups excluding carboxylic acids is 2. The number of aryl methyl sites for hydroxylation is 1. The molecule has 8 heteroatoms. The lowest BCUT2D eigenvalue weighted by molar-refractivity contribution is -0.115. The smallest absolute Gasteiger partial charge is 0.275 e. The average Bonchev–Trinajstić information content (AvgIpc) is 3.33. The largest absolute Gasteiger partial charge is 0.350 e. The molecule has 0 saturated carbocycles. The average molecular weight is 426 g/mol. The Morgan fingerprint density at radius 1 is 1.19 bits per heavy atom. The number of fused-ring (bicyclic) bond motifs is 1. The van der Waals surface area contributed by atoms with Gasteiger partial charge in [-0.1, -0.05) is 45.2 Å². The standard InChI is InChI=1S/C19H21N5O2.C4H7F/c1-4-12(2)21-19(26)18-15(10-20-23-18)22-17(25)9-13-11-24(3)16-8-6-5-7-14(13)16;1-3-4(2)5/h5-8,10-11H,2,4,9H2,1,3H3,(H,20,23)(H,21,26)(H,22,25);2-3H2,1H3. The summed E-state index contributed by atoms with van der Waals surface area (Å²) in [5.41, 5.74) is 3.13. The SMILES string of the molecule is C=C(CC)NC(=O)c1[nH]ncc1NC(=O)Cc1cn(C)c2ccccc12.C=C(F)CC. The number of halogens is 1. The van der Waals surface area contributed by atoms with E-state index < -0.39 is 0 Å². The van der Waals surface area contributed by atoms with Crippen molar-refractivity contribution in [2.45, 2.75) is 33.1 Å². The molecule has 7 nitrogen and oxygen atoms in total. The van der Waals surface area contributed by atoms with Crippen LogP contribution >= 0.6 is 0 Å². The second-order valence-electron chi connectivity index (χ2n) is 6.95. The third-order valence-electron chi connectivity index (χ3n) is 4.57. The number of carbonyl (C=O) groups is 2. The van der Waals surface area contributed by atoms with Crippen LogP contribution in [0, 0.1) is 0 Å². The Morgan fingerprint density at radius 2 is 1.87 bits per heavy atom. The zero-order valence-corrected chi connectivity index (χ0v) is 18.1. The van der Waals surface area contributed by atoms with Gasteiger partial charge in [0.2, 0.25) is 5.91 Å². The van der Waals surface area contributed by atoms with Crippen molar-refractivity contribution in [3.8, 4) is 0 Å². The molecule has 0 atom stereocenters. The number of amides is 2. The van der Waals surface area contributed by atoms with Crippen LogP contribution in [0.2, 0.25) is 0 Å². The summed E-state index contributed by atoms with van der Waals surface area (Å²) in [5.74, 6) is -0.842. The normalized spacial score (nSPS) is 10.2. The number of hydrogen-bond acceptors (Lipinski definition) is 3. The molecule has 0 saturated heterocycles. The van der Waals surface area contributed by atoms with E-state index >= 15 is 0 Å². The molecule has 0 unspecified atom stereocenters. The van der Waals surface area contributed by atoms with Crippen LogP contribution in [0.5, 0.6) is 0 Å². The molecule has 3 rings (SSSR count). The number of aromatic amines is 1. The highest BCUT2D eigenvalue weighted by atomic mass is 19.1. The van der Waals surface area contributed by atoms with Crippen LogP contribution in [0.25, 0.3) is 10.9 Å². The van der Waals surface area contributed by atoms with Gasteiger partial charge in [0.25, 0.3) is 5.91 Å². The molecule has 2 amide bonds. The Balaban J connectivity index is 0.000000614. The van der Waals surface area contributed by atoms with Gasteiger partial charge < -0.3 is 15.2 Å². The van der Waals surface area contributed by atoms with Crippen molar-refractivity contribution in [3.63, 3.8) is 0 Å². The molecular formula is C23H28FN5O2. The topological polar surface area (TPSA) is 91.8 Å². The number of para-hydroxylation sites is 1. The predicted octanol–water partition coefficient (Wildman–Crippen LogP) is 4.62. The Labute approximate surface area is 181 Å².